The number of ether oxygens (including phenoxy) is 2. The van der Waals surface area contributed by atoms with E-state index in [1.807, 2.05) is 18.2 Å². The lowest BCUT2D eigenvalue weighted by Crippen LogP contribution is -2.31. The Morgan fingerprint density at radius 2 is 1.84 bits per heavy atom. The molecule has 1 atom stereocenters. The molecule has 0 spiro atoms. The molecule has 2 aromatic heterocycles. The number of hydrogen-bond donors (Lipinski definition) is 1. The van der Waals surface area contributed by atoms with Gasteiger partial charge >= 0.3 is 0 Å². The SMILES string of the molecule is COCCCN(Cc1ccc(OC)cc1)CC1CCc2nc(-c3ccc(F)cc3)c(-c3ccnc(N)n3)n21. The Balaban J connectivity index is 1.49. The number of aromatic nitrogens is 4. The normalized spacial score (nSPS) is 14.7. The maximum atomic E-state index is 13.7. The van der Waals surface area contributed by atoms with Gasteiger partial charge in [0.25, 0.3) is 0 Å². The average molecular weight is 517 g/mol. The van der Waals surface area contributed by atoms with Gasteiger partial charge in [0, 0.05) is 57.6 Å². The molecule has 5 rings (SSSR count). The number of fused-ring (bicyclic) bond motifs is 1. The quantitative estimate of drug-likeness (QED) is 0.287. The minimum absolute atomic E-state index is 0.193. The second kappa shape index (κ2) is 11.7. The topological polar surface area (TPSA) is 91.3 Å². The highest BCUT2D eigenvalue weighted by Gasteiger charge is 2.32. The Hall–Kier alpha value is -3.82. The lowest BCUT2D eigenvalue weighted by molar-refractivity contribution is 0.161. The first-order chi connectivity index (χ1) is 18.6. The maximum absolute atomic E-state index is 13.7. The van der Waals surface area contributed by atoms with Crippen molar-refractivity contribution in [3.8, 4) is 28.4 Å². The minimum Gasteiger partial charge on any atom is -0.497 e. The van der Waals surface area contributed by atoms with Crippen LogP contribution in [0.25, 0.3) is 22.6 Å². The van der Waals surface area contributed by atoms with Crippen LogP contribution in [-0.4, -0.2) is 58.3 Å². The molecular formula is C29H33FN6O2. The summed E-state index contributed by atoms with van der Waals surface area (Å²) < 4.78 is 26.7. The molecule has 2 N–H and O–H groups in total. The van der Waals surface area contributed by atoms with E-state index in [4.69, 9.17) is 20.2 Å². The lowest BCUT2D eigenvalue weighted by Gasteiger charge is -2.27. The van der Waals surface area contributed by atoms with Crippen molar-refractivity contribution in [2.45, 2.75) is 31.8 Å². The molecule has 0 radical (unpaired) electrons. The Morgan fingerprint density at radius 3 is 2.55 bits per heavy atom. The van der Waals surface area contributed by atoms with E-state index in [1.54, 1.807) is 32.5 Å². The van der Waals surface area contributed by atoms with E-state index >= 15 is 0 Å². The zero-order chi connectivity index (χ0) is 26.5. The first kappa shape index (κ1) is 25.8. The maximum Gasteiger partial charge on any atom is 0.220 e. The van der Waals surface area contributed by atoms with E-state index in [-0.39, 0.29) is 17.8 Å². The molecule has 0 saturated heterocycles. The van der Waals surface area contributed by atoms with Gasteiger partial charge in [-0.05, 0) is 60.9 Å². The van der Waals surface area contributed by atoms with Crippen LogP contribution in [0.2, 0.25) is 0 Å². The number of imidazole rings is 1. The van der Waals surface area contributed by atoms with E-state index in [0.29, 0.717) is 12.3 Å². The number of anilines is 1. The van der Waals surface area contributed by atoms with Crippen LogP contribution in [0.3, 0.4) is 0 Å². The summed E-state index contributed by atoms with van der Waals surface area (Å²) >= 11 is 0. The number of methoxy groups -OCH3 is 2. The molecule has 0 aliphatic carbocycles. The largest absolute Gasteiger partial charge is 0.497 e. The molecule has 4 aromatic rings. The van der Waals surface area contributed by atoms with Gasteiger partial charge in [-0.1, -0.05) is 12.1 Å². The van der Waals surface area contributed by atoms with E-state index in [1.165, 1.54) is 17.7 Å². The molecule has 3 heterocycles. The molecule has 1 aliphatic rings. The Morgan fingerprint density at radius 1 is 1.05 bits per heavy atom. The van der Waals surface area contributed by atoms with Gasteiger partial charge in [0.15, 0.2) is 0 Å². The second-order valence-corrected chi connectivity index (χ2v) is 9.52. The predicted octanol–water partition coefficient (Wildman–Crippen LogP) is 4.76. The summed E-state index contributed by atoms with van der Waals surface area (Å²) in [6.07, 6.45) is 4.43. The molecule has 0 amide bonds. The number of benzene rings is 2. The average Bonchev–Trinajstić information content (AvgIpc) is 3.49. The Labute approximate surface area is 222 Å². The first-order valence-corrected chi connectivity index (χ1v) is 12.9. The van der Waals surface area contributed by atoms with Crippen molar-refractivity contribution in [3.05, 3.63) is 78.0 Å². The van der Waals surface area contributed by atoms with Gasteiger partial charge < -0.3 is 19.8 Å². The number of rotatable bonds is 11. The summed E-state index contributed by atoms with van der Waals surface area (Å²) in [5.41, 5.74) is 10.4. The highest BCUT2D eigenvalue weighted by molar-refractivity contribution is 5.78. The highest BCUT2D eigenvalue weighted by Crippen LogP contribution is 2.39. The summed E-state index contributed by atoms with van der Waals surface area (Å²) in [7, 11) is 3.41. The molecule has 1 unspecified atom stereocenters. The smallest absolute Gasteiger partial charge is 0.220 e. The second-order valence-electron chi connectivity index (χ2n) is 9.52. The molecule has 2 aromatic carbocycles. The molecule has 8 nitrogen and oxygen atoms in total. The number of nitrogens with zero attached hydrogens (tertiary/aromatic N) is 5. The molecule has 0 saturated carbocycles. The third-order valence-electron chi connectivity index (χ3n) is 6.94. The third-order valence-corrected chi connectivity index (χ3v) is 6.94. The summed E-state index contributed by atoms with van der Waals surface area (Å²) in [5.74, 6) is 1.78. The molecule has 1 aliphatic heterocycles. The van der Waals surface area contributed by atoms with Crippen LogP contribution in [-0.2, 0) is 17.7 Å². The zero-order valence-corrected chi connectivity index (χ0v) is 21.8. The number of nitrogen functional groups attached to an aromatic ring is 1. The van der Waals surface area contributed by atoms with E-state index < -0.39 is 0 Å². The zero-order valence-electron chi connectivity index (χ0n) is 21.8. The van der Waals surface area contributed by atoms with Gasteiger partial charge in [0.2, 0.25) is 5.95 Å². The van der Waals surface area contributed by atoms with Gasteiger partial charge in [0.05, 0.1) is 24.2 Å². The first-order valence-electron chi connectivity index (χ1n) is 12.9. The van der Waals surface area contributed by atoms with Crippen LogP contribution in [0.4, 0.5) is 10.3 Å². The van der Waals surface area contributed by atoms with Crippen LogP contribution >= 0.6 is 0 Å². The number of hydrogen-bond acceptors (Lipinski definition) is 7. The van der Waals surface area contributed by atoms with Gasteiger partial charge in [-0.25, -0.2) is 19.3 Å². The molecule has 0 fully saturated rings. The van der Waals surface area contributed by atoms with Crippen molar-refractivity contribution in [1.82, 2.24) is 24.4 Å². The summed E-state index contributed by atoms with van der Waals surface area (Å²) in [6, 6.07) is 16.7. The summed E-state index contributed by atoms with van der Waals surface area (Å²) in [6.45, 7) is 3.27. The number of halogens is 1. The van der Waals surface area contributed by atoms with Crippen molar-refractivity contribution in [1.29, 1.82) is 0 Å². The molecular weight excluding hydrogens is 483 g/mol. The van der Waals surface area contributed by atoms with Crippen LogP contribution in [0.15, 0.2) is 60.8 Å². The van der Waals surface area contributed by atoms with Gasteiger partial charge in [-0.15, -0.1) is 0 Å². The third kappa shape index (κ3) is 5.69. The fourth-order valence-corrected chi connectivity index (χ4v) is 5.16. The highest BCUT2D eigenvalue weighted by atomic mass is 19.1. The van der Waals surface area contributed by atoms with Gasteiger partial charge in [-0.2, -0.15) is 0 Å². The van der Waals surface area contributed by atoms with E-state index in [9.17, 15) is 4.39 Å². The molecule has 0 bridgehead atoms. The Bertz CT molecular complexity index is 1360. The van der Waals surface area contributed by atoms with Crippen LogP contribution in [0.5, 0.6) is 5.75 Å². The number of nitrogens with two attached hydrogens (primary N) is 1. The predicted molar refractivity (Wildman–Crippen MR) is 145 cm³/mol. The molecule has 198 valence electrons. The van der Waals surface area contributed by atoms with Crippen molar-refractivity contribution < 1.29 is 13.9 Å². The van der Waals surface area contributed by atoms with Crippen molar-refractivity contribution >= 4 is 5.95 Å². The van der Waals surface area contributed by atoms with Crippen LogP contribution in [0.1, 0.15) is 30.3 Å². The summed E-state index contributed by atoms with van der Waals surface area (Å²) in [4.78, 5) is 16.1. The molecule has 9 heteroatoms. The van der Waals surface area contributed by atoms with Crippen molar-refractivity contribution in [3.63, 3.8) is 0 Å². The number of aryl methyl sites for hydroxylation is 1. The van der Waals surface area contributed by atoms with E-state index in [2.05, 4.69) is 31.6 Å². The molecule has 38 heavy (non-hydrogen) atoms. The Kier molecular flexibility index (Phi) is 7.95. The van der Waals surface area contributed by atoms with Gasteiger partial charge in [0.1, 0.15) is 17.4 Å². The fourth-order valence-electron chi connectivity index (χ4n) is 5.16. The van der Waals surface area contributed by atoms with Gasteiger partial charge in [-0.3, -0.25) is 4.90 Å². The standard InChI is InChI=1S/C29H33FN6O2/c1-37-17-3-16-35(18-20-4-11-24(38-2)12-5-20)19-23-10-13-26-34-27(21-6-8-22(30)9-7-21)28(36(23)26)25-14-15-32-29(31)33-25/h4-9,11-12,14-15,23H,3,10,13,16-19H2,1-2H3,(H2,31,32,33). The fraction of sp³-hybridized carbons (Fsp3) is 0.345. The van der Waals surface area contributed by atoms with E-state index in [0.717, 1.165) is 67.4 Å². The van der Waals surface area contributed by atoms with Crippen molar-refractivity contribution in [2.24, 2.45) is 0 Å². The monoisotopic (exact) mass is 516 g/mol. The minimum atomic E-state index is -0.281. The van der Waals surface area contributed by atoms with Crippen LogP contribution in [0, 0.1) is 5.82 Å². The van der Waals surface area contributed by atoms with Crippen molar-refractivity contribution in [2.75, 3.05) is 39.6 Å². The lowest BCUT2D eigenvalue weighted by atomic mass is 10.1. The summed E-state index contributed by atoms with van der Waals surface area (Å²) in [5, 5.41) is 0. The van der Waals surface area contributed by atoms with Crippen LogP contribution < -0.4 is 10.5 Å².